The van der Waals surface area contributed by atoms with Crippen LogP contribution in [0.1, 0.15) is 27.7 Å². The van der Waals surface area contributed by atoms with Gasteiger partial charge in [0.25, 0.3) is 0 Å². The van der Waals surface area contributed by atoms with Crippen LogP contribution in [0.5, 0.6) is 0 Å². The Morgan fingerprint density at radius 2 is 1.73 bits per heavy atom. The number of nitrogens with zero attached hydrogens (tertiary/aromatic N) is 2. The summed E-state index contributed by atoms with van der Waals surface area (Å²) in [5, 5.41) is 0. The van der Waals surface area contributed by atoms with Crippen molar-refractivity contribution in [3.63, 3.8) is 0 Å². The molecule has 120 valence electrons. The maximum atomic E-state index is 6.09. The molecule has 22 heavy (non-hydrogen) atoms. The number of rotatable bonds is 3. The molecule has 0 atom stereocenters. The van der Waals surface area contributed by atoms with Crippen molar-refractivity contribution in [3.8, 4) is 0 Å². The monoisotopic (exact) mass is 322 g/mol. The normalized spacial score (nSPS) is 24.6. The summed E-state index contributed by atoms with van der Waals surface area (Å²) < 4.78 is 19.9. The first-order valence-electron chi connectivity index (χ1n) is 7.69. The van der Waals surface area contributed by atoms with Crippen molar-refractivity contribution < 1.29 is 14.0 Å². The van der Waals surface area contributed by atoms with E-state index in [0.29, 0.717) is 0 Å². The van der Waals surface area contributed by atoms with E-state index in [9.17, 15) is 0 Å². The first-order chi connectivity index (χ1) is 10.4. The van der Waals surface area contributed by atoms with Crippen LogP contribution in [-0.2, 0) is 14.0 Å². The molecule has 0 aliphatic carbocycles. The van der Waals surface area contributed by atoms with Crippen molar-refractivity contribution in [2.24, 2.45) is 0 Å². The van der Waals surface area contributed by atoms with Gasteiger partial charge in [-0.25, -0.2) is 4.31 Å². The maximum Gasteiger partial charge on any atom is 0.496 e. The van der Waals surface area contributed by atoms with E-state index in [1.54, 1.807) is 11.9 Å². The van der Waals surface area contributed by atoms with Gasteiger partial charge in [0, 0.05) is 35.8 Å². The molecule has 0 spiro atoms. The molecule has 3 heterocycles. The van der Waals surface area contributed by atoms with Gasteiger partial charge in [0.1, 0.15) is 0 Å². The minimum absolute atomic E-state index is 0.328. The van der Waals surface area contributed by atoms with Gasteiger partial charge in [-0.3, -0.25) is 4.98 Å². The second-order valence-electron chi connectivity index (χ2n) is 6.67. The van der Waals surface area contributed by atoms with Crippen molar-refractivity contribution in [3.05, 3.63) is 18.5 Å². The first-order valence-corrected chi connectivity index (χ1v) is 8.46. The lowest BCUT2D eigenvalue weighted by Gasteiger charge is -2.32. The summed E-state index contributed by atoms with van der Waals surface area (Å²) in [6.45, 7) is 11.7. The second-order valence-corrected chi connectivity index (χ2v) is 7.85. The number of ether oxygens (including phenoxy) is 1. The van der Waals surface area contributed by atoms with Crippen molar-refractivity contribution in [1.29, 1.82) is 0 Å². The average molecular weight is 322 g/mol. The van der Waals surface area contributed by atoms with E-state index in [1.807, 2.05) is 12.4 Å². The lowest BCUT2D eigenvalue weighted by Crippen LogP contribution is -2.41. The van der Waals surface area contributed by atoms with Crippen LogP contribution in [0.25, 0.3) is 0 Å². The second kappa shape index (κ2) is 6.13. The van der Waals surface area contributed by atoms with Crippen LogP contribution >= 0.6 is 11.9 Å². The van der Waals surface area contributed by atoms with Crippen molar-refractivity contribution >= 4 is 24.5 Å². The quantitative estimate of drug-likeness (QED) is 0.624. The smallest absolute Gasteiger partial charge is 0.399 e. The molecule has 2 saturated heterocycles. The van der Waals surface area contributed by atoms with Gasteiger partial charge in [0.2, 0.25) is 0 Å². The van der Waals surface area contributed by atoms with Crippen molar-refractivity contribution in [2.75, 3.05) is 26.3 Å². The summed E-state index contributed by atoms with van der Waals surface area (Å²) in [5.41, 5.74) is 0.313. The lowest BCUT2D eigenvalue weighted by atomic mass is 9.80. The minimum Gasteiger partial charge on any atom is -0.399 e. The Morgan fingerprint density at radius 3 is 2.36 bits per heavy atom. The minimum atomic E-state index is -0.359. The number of hydrogen-bond acceptors (Lipinski definition) is 6. The fourth-order valence-electron chi connectivity index (χ4n) is 2.38. The zero-order valence-electron chi connectivity index (χ0n) is 13.7. The van der Waals surface area contributed by atoms with E-state index >= 15 is 0 Å². The molecule has 1 aromatic heterocycles. The molecule has 5 nitrogen and oxygen atoms in total. The standard InChI is InChI=1S/C15H23BN2O3S/c1-14(2)15(3,4)21-16(20-14)12-9-13(11-17-10-12)22-18-5-7-19-8-6-18/h9-11H,5-8H2,1-4H3. The van der Waals surface area contributed by atoms with Gasteiger partial charge in [0.05, 0.1) is 24.4 Å². The van der Waals surface area contributed by atoms with Crippen LogP contribution in [0.4, 0.5) is 0 Å². The van der Waals surface area contributed by atoms with E-state index in [-0.39, 0.29) is 18.3 Å². The van der Waals surface area contributed by atoms with Crippen molar-refractivity contribution in [2.45, 2.75) is 43.8 Å². The number of hydrogen-bond donors (Lipinski definition) is 0. The zero-order valence-corrected chi connectivity index (χ0v) is 14.5. The average Bonchev–Trinajstić information content (AvgIpc) is 2.69. The molecule has 3 rings (SSSR count). The third-order valence-electron chi connectivity index (χ3n) is 4.46. The Bertz CT molecular complexity index is 519. The lowest BCUT2D eigenvalue weighted by molar-refractivity contribution is 0.00578. The molecule has 0 N–H and O–H groups in total. The Kier molecular flexibility index (Phi) is 4.53. The predicted molar refractivity (Wildman–Crippen MR) is 88.2 cm³/mol. The molecule has 0 unspecified atom stereocenters. The number of pyridine rings is 1. The third-order valence-corrected chi connectivity index (χ3v) is 5.52. The molecule has 0 saturated carbocycles. The fourth-order valence-corrected chi connectivity index (χ4v) is 3.31. The molecule has 0 bridgehead atoms. The molecule has 7 heteroatoms. The summed E-state index contributed by atoms with van der Waals surface area (Å²) in [6.07, 6.45) is 3.71. The Morgan fingerprint density at radius 1 is 1.09 bits per heavy atom. The van der Waals surface area contributed by atoms with E-state index in [2.05, 4.69) is 43.1 Å². The summed E-state index contributed by atoms with van der Waals surface area (Å²) in [4.78, 5) is 5.46. The summed E-state index contributed by atoms with van der Waals surface area (Å²) in [7, 11) is -0.359. The van der Waals surface area contributed by atoms with Crippen LogP contribution in [0.3, 0.4) is 0 Å². The Labute approximate surface area is 137 Å². The van der Waals surface area contributed by atoms with Crippen LogP contribution in [0.2, 0.25) is 0 Å². The Balaban J connectivity index is 1.72. The summed E-state index contributed by atoms with van der Waals surface area (Å²) in [6, 6.07) is 2.11. The van der Waals surface area contributed by atoms with E-state index < -0.39 is 0 Å². The Hall–Kier alpha value is -0.595. The van der Waals surface area contributed by atoms with Crippen molar-refractivity contribution in [1.82, 2.24) is 9.29 Å². The topological polar surface area (TPSA) is 43.8 Å². The highest BCUT2D eigenvalue weighted by Gasteiger charge is 2.51. The molecule has 0 amide bonds. The summed E-state index contributed by atoms with van der Waals surface area (Å²) in [5.74, 6) is 0. The van der Waals surface area contributed by atoms with Gasteiger partial charge in [0.15, 0.2) is 0 Å². The van der Waals surface area contributed by atoms with Crippen LogP contribution in [0, 0.1) is 0 Å². The molecular weight excluding hydrogens is 299 g/mol. The molecule has 2 aliphatic heterocycles. The summed E-state index contributed by atoms with van der Waals surface area (Å²) >= 11 is 1.72. The van der Waals surface area contributed by atoms with Crippen LogP contribution in [0.15, 0.2) is 23.4 Å². The largest absolute Gasteiger partial charge is 0.496 e. The number of morpholine rings is 1. The molecule has 0 aromatic carbocycles. The first kappa shape index (κ1) is 16.3. The van der Waals surface area contributed by atoms with Gasteiger partial charge in [-0.2, -0.15) is 0 Å². The molecule has 0 radical (unpaired) electrons. The predicted octanol–water partition coefficient (Wildman–Crippen LogP) is 1.72. The van der Waals surface area contributed by atoms with E-state index in [0.717, 1.165) is 36.7 Å². The third kappa shape index (κ3) is 3.33. The van der Waals surface area contributed by atoms with Gasteiger partial charge in [-0.1, -0.05) is 0 Å². The van der Waals surface area contributed by atoms with Gasteiger partial charge in [-0.05, 0) is 45.7 Å². The van der Waals surface area contributed by atoms with Crippen LogP contribution in [-0.4, -0.2) is 53.9 Å². The fraction of sp³-hybridized carbons (Fsp3) is 0.667. The van der Waals surface area contributed by atoms with E-state index in [4.69, 9.17) is 14.0 Å². The molecule has 2 fully saturated rings. The highest BCUT2D eigenvalue weighted by molar-refractivity contribution is 7.97. The maximum absolute atomic E-state index is 6.09. The highest BCUT2D eigenvalue weighted by atomic mass is 32.2. The van der Waals surface area contributed by atoms with E-state index in [1.165, 1.54) is 0 Å². The highest BCUT2D eigenvalue weighted by Crippen LogP contribution is 2.36. The molecule has 2 aliphatic rings. The van der Waals surface area contributed by atoms with Gasteiger partial charge < -0.3 is 14.0 Å². The van der Waals surface area contributed by atoms with Gasteiger partial charge in [-0.15, -0.1) is 0 Å². The molecule has 1 aromatic rings. The number of aromatic nitrogens is 1. The zero-order chi connectivity index (χ0) is 15.8. The van der Waals surface area contributed by atoms with Crippen LogP contribution < -0.4 is 5.46 Å². The van der Waals surface area contributed by atoms with Gasteiger partial charge >= 0.3 is 7.12 Å². The SMILES string of the molecule is CC1(C)OB(c2cncc(SN3CCOCC3)c2)OC1(C)C. The molecular formula is C15H23BN2O3S.